The minimum atomic E-state index is 0.00149. The SMILES string of the molecule is CCC=C(C)C(=O)Nc1ccccc1NC12CC3CC(CC(C3)C1)C2. The minimum absolute atomic E-state index is 0.00149. The second-order valence-corrected chi connectivity index (χ2v) is 8.62. The zero-order valence-electron chi connectivity index (χ0n) is 15.5. The predicted octanol–water partition coefficient (Wildman–Crippen LogP) is 5.36. The molecule has 0 atom stereocenters. The van der Waals surface area contributed by atoms with Crippen LogP contribution in [-0.4, -0.2) is 11.4 Å². The molecular weight excluding hydrogens is 308 g/mol. The smallest absolute Gasteiger partial charge is 0.251 e. The van der Waals surface area contributed by atoms with Gasteiger partial charge in [-0.25, -0.2) is 0 Å². The molecule has 4 saturated carbocycles. The number of benzene rings is 1. The molecule has 4 aliphatic carbocycles. The summed E-state index contributed by atoms with van der Waals surface area (Å²) in [4.78, 5) is 12.4. The lowest BCUT2D eigenvalue weighted by molar-refractivity contribution is -0.112. The molecular formula is C22H30N2O. The van der Waals surface area contributed by atoms with E-state index in [1.54, 1.807) is 0 Å². The first kappa shape index (κ1) is 16.7. The lowest BCUT2D eigenvalue weighted by atomic mass is 9.53. The molecule has 0 heterocycles. The van der Waals surface area contributed by atoms with Crippen molar-refractivity contribution in [2.75, 3.05) is 10.6 Å². The molecule has 0 saturated heterocycles. The van der Waals surface area contributed by atoms with Crippen LogP contribution in [-0.2, 0) is 4.79 Å². The van der Waals surface area contributed by atoms with Crippen molar-refractivity contribution in [2.45, 2.75) is 64.3 Å². The van der Waals surface area contributed by atoms with Gasteiger partial charge in [0.15, 0.2) is 0 Å². The number of allylic oxidation sites excluding steroid dienone is 1. The summed E-state index contributed by atoms with van der Waals surface area (Å²) in [5.41, 5.74) is 3.03. The molecule has 1 amide bonds. The summed E-state index contributed by atoms with van der Waals surface area (Å²) in [6.45, 7) is 3.94. The van der Waals surface area contributed by atoms with Crippen LogP contribution in [0.4, 0.5) is 11.4 Å². The maximum atomic E-state index is 12.4. The van der Waals surface area contributed by atoms with Crippen molar-refractivity contribution >= 4 is 17.3 Å². The van der Waals surface area contributed by atoms with Gasteiger partial charge in [0, 0.05) is 11.1 Å². The lowest BCUT2D eigenvalue weighted by Gasteiger charge is -2.57. The number of para-hydroxylation sites is 2. The third-order valence-electron chi connectivity index (χ3n) is 6.48. The highest BCUT2D eigenvalue weighted by molar-refractivity contribution is 6.05. The first-order valence-corrected chi connectivity index (χ1v) is 9.92. The number of rotatable bonds is 5. The monoisotopic (exact) mass is 338 g/mol. The fraction of sp³-hybridized carbons (Fsp3) is 0.591. The number of nitrogens with one attached hydrogen (secondary N) is 2. The van der Waals surface area contributed by atoms with E-state index in [9.17, 15) is 4.79 Å². The Morgan fingerprint density at radius 3 is 2.20 bits per heavy atom. The van der Waals surface area contributed by atoms with Gasteiger partial charge >= 0.3 is 0 Å². The molecule has 0 radical (unpaired) electrons. The Hall–Kier alpha value is -1.77. The third-order valence-corrected chi connectivity index (χ3v) is 6.48. The number of carbonyl (C=O) groups is 1. The number of anilines is 2. The van der Waals surface area contributed by atoms with E-state index >= 15 is 0 Å². The molecule has 1 aromatic carbocycles. The van der Waals surface area contributed by atoms with Crippen molar-refractivity contribution in [3.63, 3.8) is 0 Å². The Bertz CT molecular complexity index is 656. The number of amides is 1. The first-order valence-electron chi connectivity index (χ1n) is 9.92. The second-order valence-electron chi connectivity index (χ2n) is 8.62. The highest BCUT2D eigenvalue weighted by Gasteiger charge is 2.51. The molecule has 0 aromatic heterocycles. The van der Waals surface area contributed by atoms with Gasteiger partial charge in [-0.1, -0.05) is 25.1 Å². The molecule has 3 nitrogen and oxygen atoms in total. The van der Waals surface area contributed by atoms with Crippen molar-refractivity contribution in [1.29, 1.82) is 0 Å². The predicted molar refractivity (Wildman–Crippen MR) is 104 cm³/mol. The molecule has 4 bridgehead atoms. The van der Waals surface area contributed by atoms with Gasteiger partial charge in [-0.15, -0.1) is 0 Å². The lowest BCUT2D eigenvalue weighted by Crippen LogP contribution is -2.54. The highest BCUT2D eigenvalue weighted by Crippen LogP contribution is 2.56. The quantitative estimate of drug-likeness (QED) is 0.709. The Morgan fingerprint density at radius 2 is 1.64 bits per heavy atom. The number of hydrogen-bond donors (Lipinski definition) is 2. The Morgan fingerprint density at radius 1 is 1.08 bits per heavy atom. The summed E-state index contributed by atoms with van der Waals surface area (Å²) in [5.74, 6) is 2.74. The van der Waals surface area contributed by atoms with Gasteiger partial charge in [-0.3, -0.25) is 4.79 Å². The molecule has 3 heteroatoms. The molecule has 134 valence electrons. The Kier molecular flexibility index (Phi) is 4.35. The van der Waals surface area contributed by atoms with Gasteiger partial charge in [-0.2, -0.15) is 0 Å². The van der Waals surface area contributed by atoms with Crippen LogP contribution in [0.2, 0.25) is 0 Å². The zero-order valence-corrected chi connectivity index (χ0v) is 15.5. The first-order chi connectivity index (χ1) is 12.1. The Balaban J connectivity index is 1.54. The average Bonchev–Trinajstić information content (AvgIpc) is 2.55. The van der Waals surface area contributed by atoms with Gasteiger partial charge in [0.25, 0.3) is 5.91 Å². The van der Waals surface area contributed by atoms with E-state index in [1.165, 1.54) is 38.5 Å². The zero-order chi connectivity index (χ0) is 17.4. The molecule has 4 fully saturated rings. The van der Waals surface area contributed by atoms with E-state index in [1.807, 2.05) is 25.1 Å². The summed E-state index contributed by atoms with van der Waals surface area (Å²) in [5, 5.41) is 7.01. The fourth-order valence-electron chi connectivity index (χ4n) is 5.87. The van der Waals surface area contributed by atoms with Crippen LogP contribution < -0.4 is 10.6 Å². The Labute approximate surface area is 151 Å². The topological polar surface area (TPSA) is 41.1 Å². The molecule has 25 heavy (non-hydrogen) atoms. The fourth-order valence-corrected chi connectivity index (χ4v) is 5.87. The summed E-state index contributed by atoms with van der Waals surface area (Å²) in [6, 6.07) is 8.19. The van der Waals surface area contributed by atoms with Crippen molar-refractivity contribution in [3.05, 3.63) is 35.9 Å². The number of carbonyl (C=O) groups excluding carboxylic acids is 1. The van der Waals surface area contributed by atoms with E-state index in [0.717, 1.165) is 41.1 Å². The van der Waals surface area contributed by atoms with Crippen molar-refractivity contribution in [2.24, 2.45) is 17.8 Å². The van der Waals surface area contributed by atoms with E-state index < -0.39 is 0 Å². The van der Waals surface area contributed by atoms with Gasteiger partial charge < -0.3 is 10.6 Å². The third kappa shape index (κ3) is 3.33. The largest absolute Gasteiger partial charge is 0.378 e. The summed E-state index contributed by atoms with van der Waals surface area (Å²) < 4.78 is 0. The molecule has 0 spiro atoms. The van der Waals surface area contributed by atoms with Crippen LogP contribution in [0.3, 0.4) is 0 Å². The van der Waals surface area contributed by atoms with Crippen molar-refractivity contribution in [1.82, 2.24) is 0 Å². The minimum Gasteiger partial charge on any atom is -0.378 e. The van der Waals surface area contributed by atoms with Gasteiger partial charge in [-0.05, 0) is 81.8 Å². The van der Waals surface area contributed by atoms with E-state index in [4.69, 9.17) is 0 Å². The molecule has 2 N–H and O–H groups in total. The van der Waals surface area contributed by atoms with E-state index in [0.29, 0.717) is 0 Å². The summed E-state index contributed by atoms with van der Waals surface area (Å²) in [6.07, 6.45) is 11.1. The van der Waals surface area contributed by atoms with Crippen LogP contribution in [0.5, 0.6) is 0 Å². The van der Waals surface area contributed by atoms with E-state index in [-0.39, 0.29) is 11.4 Å². The molecule has 5 rings (SSSR count). The molecule has 1 aromatic rings. The van der Waals surface area contributed by atoms with Crippen LogP contribution >= 0.6 is 0 Å². The standard InChI is InChI=1S/C22H30N2O/c1-3-6-15(2)21(25)23-19-7-4-5-8-20(19)24-22-12-16-9-17(13-22)11-18(10-16)14-22/h4-8,16-18,24H,3,9-14H2,1-2H3,(H,23,25). The molecule has 4 aliphatic rings. The van der Waals surface area contributed by atoms with Crippen LogP contribution in [0.25, 0.3) is 0 Å². The van der Waals surface area contributed by atoms with Crippen LogP contribution in [0, 0.1) is 17.8 Å². The highest BCUT2D eigenvalue weighted by atomic mass is 16.1. The van der Waals surface area contributed by atoms with Crippen LogP contribution in [0.15, 0.2) is 35.9 Å². The van der Waals surface area contributed by atoms with Gasteiger partial charge in [0.1, 0.15) is 0 Å². The summed E-state index contributed by atoms with van der Waals surface area (Å²) in [7, 11) is 0. The van der Waals surface area contributed by atoms with Gasteiger partial charge in [0.05, 0.1) is 11.4 Å². The number of hydrogen-bond acceptors (Lipinski definition) is 2. The van der Waals surface area contributed by atoms with Gasteiger partial charge in [0.2, 0.25) is 0 Å². The van der Waals surface area contributed by atoms with E-state index in [2.05, 4.69) is 29.7 Å². The van der Waals surface area contributed by atoms with Crippen molar-refractivity contribution < 1.29 is 4.79 Å². The second kappa shape index (κ2) is 6.51. The average molecular weight is 338 g/mol. The van der Waals surface area contributed by atoms with Crippen LogP contribution in [0.1, 0.15) is 58.8 Å². The molecule has 0 aliphatic heterocycles. The maximum absolute atomic E-state index is 12.4. The maximum Gasteiger partial charge on any atom is 0.251 e. The molecule has 0 unspecified atom stereocenters. The van der Waals surface area contributed by atoms with Crippen molar-refractivity contribution in [3.8, 4) is 0 Å². The normalized spacial score (nSPS) is 33.4. The summed E-state index contributed by atoms with van der Waals surface area (Å²) >= 11 is 0.